The van der Waals surface area contributed by atoms with E-state index in [0.29, 0.717) is 90.7 Å². The molecule has 4 saturated heterocycles. The number of hydrogen-bond acceptors (Lipinski definition) is 24. The van der Waals surface area contributed by atoms with E-state index in [0.717, 1.165) is 162 Å². The third-order valence-corrected chi connectivity index (χ3v) is 24.6. The topological polar surface area (TPSA) is 360 Å². The molecule has 4 aromatic carbocycles. The van der Waals surface area contributed by atoms with Gasteiger partial charge in [-0.15, -0.1) is 0 Å². The zero-order valence-corrected chi connectivity index (χ0v) is 79.4. The van der Waals surface area contributed by atoms with Crippen molar-refractivity contribution in [2.75, 3.05) is 140 Å². The molecule has 0 unspecified atom stereocenters. The summed E-state index contributed by atoms with van der Waals surface area (Å²) < 4.78 is 54.1. The summed E-state index contributed by atoms with van der Waals surface area (Å²) in [6.07, 6.45) is 27.0. The summed E-state index contributed by atoms with van der Waals surface area (Å²) in [5.74, 6) is -6.41. The van der Waals surface area contributed by atoms with E-state index in [2.05, 4.69) is 124 Å². The van der Waals surface area contributed by atoms with E-state index in [-0.39, 0.29) is 90.5 Å². The number of amides is 4. The van der Waals surface area contributed by atoms with Crippen LogP contribution < -0.4 is 31.1 Å². The first-order valence-corrected chi connectivity index (χ1v) is 46.7. The number of nitrogens with zero attached hydrogens (tertiary/aromatic N) is 20. The van der Waals surface area contributed by atoms with E-state index < -0.39 is 11.8 Å². The number of H-pyrrole nitrogens is 4. The minimum absolute atomic E-state index is 0. The number of aromatic amines is 4. The van der Waals surface area contributed by atoms with Crippen LogP contribution in [0, 0.1) is 0 Å². The van der Waals surface area contributed by atoms with Crippen LogP contribution >= 0.6 is 0 Å². The molecule has 4 fully saturated rings. The van der Waals surface area contributed by atoms with Crippen molar-refractivity contribution in [2.45, 2.75) is 132 Å². The fourth-order valence-corrected chi connectivity index (χ4v) is 17.5. The van der Waals surface area contributed by atoms with Gasteiger partial charge >= 0.3 is 0 Å². The van der Waals surface area contributed by atoms with E-state index in [1.807, 2.05) is 239 Å². The van der Waals surface area contributed by atoms with Gasteiger partial charge in [0.05, 0.1) is 123 Å². The van der Waals surface area contributed by atoms with Crippen molar-refractivity contribution in [2.24, 2.45) is 0 Å². The van der Waals surface area contributed by atoms with Gasteiger partial charge < -0.3 is 50.7 Å². The standard InChI is InChI=1S/C27H29F2N7O.C26H27F2N7O.C26H29N7O.C25H27N7O.4CH4/c1-35(2)17-22-5-4-21(15-31-22)32-26(37)25-23-12-19(3-6-24(23)33-34-25)20-11-18(13-30-14-20)16-36-9-7-27(28,29)8-10-36;1-34(2)15-21-5-4-20(13-30-21)31-25(36)24-22-10-18(3-6-23(22)32-33-24)19-9-17(11-29-12-19)14-35-8-7-26(27,28)16-35;1-32(2)17-21-8-7-20(15-28-21)29-26(34)25-23-13-18(6-9-24(23)30-31-25)19-12-22(16-27-14-19)33-10-4-3-5-11-33;1-31(2)16-20-7-6-19(14-27-20)28-25(33)24-22-12-17(5-8-23(22)29-30-24)18-11-21(15-26-13-18)32-9-3-4-10-32;;;;/h3-6,11-15H,7-10,16-17H2,1-2H3,(H,32,37)(H,33,34);3-6,9-13H,7-8,14-16H2,1-2H3,(H,31,36)(H,32,33);6-9,12-16H,3-5,10-11,17H2,1-2H3,(H,29,34)(H,30,31);5-8,11-15H,3-4,9-10,16H2,1-2H3,(H,28,33)(H,29,30);4*1H4. The number of rotatable bonds is 26. The van der Waals surface area contributed by atoms with Crippen molar-refractivity contribution in [3.8, 4) is 44.5 Å². The number of benzene rings is 4. The molecule has 4 aliphatic rings. The van der Waals surface area contributed by atoms with Gasteiger partial charge in [0.1, 0.15) is 0 Å². The number of carbonyl (C=O) groups is 4. The van der Waals surface area contributed by atoms with E-state index in [1.165, 1.54) is 32.1 Å². The summed E-state index contributed by atoms with van der Waals surface area (Å²) in [5.41, 5.74) is 22.1. The largest absolute Gasteiger partial charge is 0.370 e. The van der Waals surface area contributed by atoms with Crippen LogP contribution in [0.5, 0.6) is 0 Å². The molecule has 32 nitrogen and oxygen atoms in total. The maximum absolute atomic E-state index is 13.6. The smallest absolute Gasteiger partial charge is 0.276 e. The average molecular weight is 1960 g/mol. The number of halogens is 4. The lowest BCUT2D eigenvalue weighted by atomic mass is 10.0. The minimum Gasteiger partial charge on any atom is -0.370 e. The molecule has 16 aromatic rings. The number of likely N-dealkylation sites (tertiary alicyclic amines) is 2. The number of hydrogen-bond donors (Lipinski definition) is 8. The number of pyridine rings is 8. The van der Waals surface area contributed by atoms with Gasteiger partial charge in [-0.05, 0) is 243 Å². The van der Waals surface area contributed by atoms with Crippen LogP contribution in [0.25, 0.3) is 88.1 Å². The van der Waals surface area contributed by atoms with E-state index >= 15 is 0 Å². The average Bonchev–Trinajstić information content (AvgIpc) is 1.63. The molecule has 0 bridgehead atoms. The van der Waals surface area contributed by atoms with Gasteiger partial charge in [0.15, 0.2) is 22.8 Å². The highest BCUT2D eigenvalue weighted by atomic mass is 19.3. The van der Waals surface area contributed by atoms with Gasteiger partial charge in [0.2, 0.25) is 0 Å². The second-order valence-electron chi connectivity index (χ2n) is 37.0. The van der Waals surface area contributed by atoms with E-state index in [4.69, 9.17) is 0 Å². The molecule has 20 rings (SSSR count). The number of aromatic nitrogens is 16. The first-order chi connectivity index (χ1) is 67.6. The molecule has 0 saturated carbocycles. The Morgan fingerprint density at radius 3 is 0.875 bits per heavy atom. The molecular weight excluding hydrogens is 1830 g/mol. The highest BCUT2D eigenvalue weighted by molar-refractivity contribution is 6.14. The summed E-state index contributed by atoms with van der Waals surface area (Å²) >= 11 is 0. The number of carbonyl (C=O) groups excluding carboxylic acids is 4. The summed E-state index contributed by atoms with van der Waals surface area (Å²) in [7, 11) is 15.9. The van der Waals surface area contributed by atoms with Crippen LogP contribution in [0.1, 0.15) is 157 Å². The van der Waals surface area contributed by atoms with Crippen LogP contribution in [0.2, 0.25) is 0 Å². The predicted octanol–water partition coefficient (Wildman–Crippen LogP) is 19.5. The Bertz CT molecular complexity index is 7010. The van der Waals surface area contributed by atoms with Gasteiger partial charge in [-0.2, -0.15) is 20.4 Å². The molecule has 0 radical (unpaired) electrons. The fourth-order valence-electron chi connectivity index (χ4n) is 17.5. The summed E-state index contributed by atoms with van der Waals surface area (Å²) in [4.78, 5) is 104. The molecule has 36 heteroatoms. The lowest BCUT2D eigenvalue weighted by molar-refractivity contribution is -0.0566. The molecule has 12 aromatic heterocycles. The molecule has 752 valence electrons. The van der Waals surface area contributed by atoms with Crippen molar-refractivity contribution >= 4 is 101 Å². The lowest BCUT2D eigenvalue weighted by Gasteiger charge is -2.31. The maximum Gasteiger partial charge on any atom is 0.276 e. The number of nitrogens with one attached hydrogen (secondary N) is 8. The van der Waals surface area contributed by atoms with Crippen molar-refractivity contribution in [1.82, 2.24) is 110 Å². The Kier molecular flexibility index (Phi) is 35.5. The molecule has 144 heavy (non-hydrogen) atoms. The van der Waals surface area contributed by atoms with Crippen molar-refractivity contribution in [3.05, 3.63) is 277 Å². The van der Waals surface area contributed by atoms with Gasteiger partial charge in [-0.25, -0.2) is 17.6 Å². The molecule has 4 amide bonds. The van der Waals surface area contributed by atoms with Gasteiger partial charge in [-0.3, -0.25) is 89.2 Å². The highest BCUT2D eigenvalue weighted by Gasteiger charge is 2.38. The zero-order valence-electron chi connectivity index (χ0n) is 79.4. The molecular formula is C108H128F4N28O4. The van der Waals surface area contributed by atoms with Gasteiger partial charge in [0, 0.05) is 185 Å². The SMILES string of the molecule is C.C.C.C.CN(C)Cc1ccc(NC(=O)c2n[nH]c3ccc(-c4cncc(CN5CCC(F)(F)C5)c4)cc23)cn1.CN(C)Cc1ccc(NC(=O)c2n[nH]c3ccc(-c4cncc(CN5CCC(F)(F)CC5)c4)cc23)cn1.CN(C)Cc1ccc(NC(=O)c2n[nH]c3ccc(-c4cncc(N5CCCC5)c4)cc23)cn1.CN(C)Cc1ccc(NC(=O)c2n[nH]c3ccc(-c4cncc(N5CCCCC5)c4)cc23)cn1. The Hall–Kier alpha value is -15.1. The first-order valence-electron chi connectivity index (χ1n) is 46.7. The molecule has 16 heterocycles. The summed E-state index contributed by atoms with van der Waals surface area (Å²) in [6, 6.07) is 46.6. The van der Waals surface area contributed by atoms with E-state index in [1.54, 1.807) is 54.5 Å². The van der Waals surface area contributed by atoms with Crippen molar-refractivity contribution < 1.29 is 36.7 Å². The number of anilines is 6. The quantitative estimate of drug-likeness (QED) is 0.0233. The summed E-state index contributed by atoms with van der Waals surface area (Å²) in [5, 5.41) is 43.2. The normalized spacial score (nSPS) is 14.4. The van der Waals surface area contributed by atoms with Crippen molar-refractivity contribution in [1.29, 1.82) is 0 Å². The number of alkyl halides is 4. The Balaban J connectivity index is 0.000000160. The molecule has 0 atom stereocenters. The Labute approximate surface area is 836 Å². The molecule has 0 aliphatic carbocycles. The highest BCUT2D eigenvalue weighted by Crippen LogP contribution is 2.37. The second kappa shape index (κ2) is 48.1. The maximum atomic E-state index is 13.6. The molecule has 4 aliphatic heterocycles. The second-order valence-corrected chi connectivity index (χ2v) is 37.0. The predicted molar refractivity (Wildman–Crippen MR) is 564 cm³/mol. The molecule has 0 spiro atoms. The summed E-state index contributed by atoms with van der Waals surface area (Å²) in [6.45, 7) is 9.05. The number of fused-ring (bicyclic) bond motifs is 4. The first kappa shape index (κ1) is 106. The Morgan fingerprint density at radius 1 is 0.312 bits per heavy atom. The lowest BCUT2D eigenvalue weighted by Crippen LogP contribution is -2.38. The number of piperidine rings is 2. The van der Waals surface area contributed by atoms with Gasteiger partial charge in [-0.1, -0.05) is 54.0 Å². The monoisotopic (exact) mass is 1960 g/mol. The third kappa shape index (κ3) is 27.4. The molecule has 8 N–H and O–H groups in total. The Morgan fingerprint density at radius 2 is 0.590 bits per heavy atom. The van der Waals surface area contributed by atoms with Crippen LogP contribution in [-0.4, -0.2) is 254 Å². The minimum atomic E-state index is -2.63. The van der Waals surface area contributed by atoms with E-state index in [9.17, 15) is 36.7 Å². The van der Waals surface area contributed by atoms with Crippen LogP contribution in [0.4, 0.5) is 51.7 Å². The zero-order chi connectivity index (χ0) is 97.6. The van der Waals surface area contributed by atoms with Crippen LogP contribution in [0.3, 0.4) is 0 Å². The van der Waals surface area contributed by atoms with Crippen LogP contribution in [0.15, 0.2) is 220 Å². The van der Waals surface area contributed by atoms with Gasteiger partial charge in [0.25, 0.3) is 35.5 Å². The third-order valence-electron chi connectivity index (χ3n) is 24.6. The van der Waals surface area contributed by atoms with Crippen molar-refractivity contribution in [3.63, 3.8) is 0 Å². The fraction of sp³-hybridized carbons (Fsp3) is 0.333. The van der Waals surface area contributed by atoms with Crippen LogP contribution in [-0.2, 0) is 39.3 Å².